The number of rotatable bonds is 9. The molecule has 0 saturated heterocycles. The summed E-state index contributed by atoms with van der Waals surface area (Å²) in [5, 5.41) is 11.4. The van der Waals surface area contributed by atoms with E-state index in [1.54, 1.807) is 12.1 Å². The Morgan fingerprint density at radius 2 is 1.79 bits per heavy atom. The molecule has 1 aliphatic heterocycles. The van der Waals surface area contributed by atoms with Crippen LogP contribution in [-0.2, 0) is 13.1 Å². The smallest absolute Gasteiger partial charge is 0.311 e. The summed E-state index contributed by atoms with van der Waals surface area (Å²) in [4.78, 5) is 13.2. The topological polar surface area (TPSA) is 100 Å². The van der Waals surface area contributed by atoms with Gasteiger partial charge in [-0.15, -0.1) is 0 Å². The van der Waals surface area contributed by atoms with Gasteiger partial charge in [-0.2, -0.15) is 0 Å². The van der Waals surface area contributed by atoms with Crippen LogP contribution < -0.4 is 19.9 Å². The van der Waals surface area contributed by atoms with Crippen molar-refractivity contribution in [1.29, 1.82) is 0 Å². The molecule has 1 heterocycles. The fourth-order valence-corrected chi connectivity index (χ4v) is 3.37. The fraction of sp³-hybridized carbons (Fsp3) is 0.429. The predicted octanol–water partition coefficient (Wildman–Crippen LogP) is 3.32. The third-order valence-electron chi connectivity index (χ3n) is 4.89. The molecular weight excluding hydrogens is 374 g/mol. The zero-order valence-corrected chi connectivity index (χ0v) is 17.0. The predicted molar refractivity (Wildman–Crippen MR) is 109 cm³/mol. The van der Waals surface area contributed by atoms with E-state index in [1.807, 2.05) is 24.3 Å². The first-order chi connectivity index (χ1) is 13.8. The normalized spacial score (nSPS) is 13.0. The quantitative estimate of drug-likeness (QED) is 0.508. The standard InChI is InChI=1S/C21H27N3O5/c1-21(2,12-22)13-23(11-16-5-7-19-20(9-16)29-14-28-19)10-15-4-6-18(27-3)17(8-15)24(25)26/h4-9H,10-14,22H2,1-3H3. The summed E-state index contributed by atoms with van der Waals surface area (Å²) in [5.41, 5.74) is 7.72. The molecule has 156 valence electrons. The van der Waals surface area contributed by atoms with Gasteiger partial charge in [-0.1, -0.05) is 26.0 Å². The first-order valence-corrected chi connectivity index (χ1v) is 9.43. The van der Waals surface area contributed by atoms with Crippen LogP contribution in [0.2, 0.25) is 0 Å². The van der Waals surface area contributed by atoms with Crippen molar-refractivity contribution in [1.82, 2.24) is 4.90 Å². The van der Waals surface area contributed by atoms with Crippen molar-refractivity contribution >= 4 is 5.69 Å². The first kappa shape index (κ1) is 20.9. The number of methoxy groups -OCH3 is 1. The van der Waals surface area contributed by atoms with Gasteiger partial charge in [0.25, 0.3) is 0 Å². The van der Waals surface area contributed by atoms with Crippen LogP contribution >= 0.6 is 0 Å². The summed E-state index contributed by atoms with van der Waals surface area (Å²) in [7, 11) is 1.43. The highest BCUT2D eigenvalue weighted by Crippen LogP contribution is 2.33. The van der Waals surface area contributed by atoms with Crippen LogP contribution in [0.4, 0.5) is 5.69 Å². The summed E-state index contributed by atoms with van der Waals surface area (Å²) in [6, 6.07) is 10.9. The summed E-state index contributed by atoms with van der Waals surface area (Å²) < 4.78 is 16.0. The molecule has 2 N–H and O–H groups in total. The monoisotopic (exact) mass is 401 g/mol. The van der Waals surface area contributed by atoms with Gasteiger partial charge in [0.1, 0.15) is 0 Å². The van der Waals surface area contributed by atoms with Crippen LogP contribution in [0.15, 0.2) is 36.4 Å². The van der Waals surface area contributed by atoms with E-state index in [1.165, 1.54) is 7.11 Å². The number of nitro groups is 1. The Kier molecular flexibility index (Phi) is 6.24. The molecule has 0 atom stereocenters. The molecule has 0 amide bonds. The van der Waals surface area contributed by atoms with E-state index in [4.69, 9.17) is 19.9 Å². The largest absolute Gasteiger partial charge is 0.490 e. The van der Waals surface area contributed by atoms with Crippen molar-refractivity contribution in [2.75, 3.05) is 27.0 Å². The lowest BCUT2D eigenvalue weighted by Gasteiger charge is -2.32. The highest BCUT2D eigenvalue weighted by atomic mass is 16.7. The molecule has 0 radical (unpaired) electrons. The molecule has 0 saturated carbocycles. The molecular formula is C21H27N3O5. The van der Waals surface area contributed by atoms with Gasteiger partial charge in [-0.05, 0) is 41.3 Å². The molecule has 8 heteroatoms. The van der Waals surface area contributed by atoms with Crippen LogP contribution in [-0.4, -0.2) is 36.8 Å². The van der Waals surface area contributed by atoms with Crippen molar-refractivity contribution < 1.29 is 19.1 Å². The van der Waals surface area contributed by atoms with E-state index < -0.39 is 4.92 Å². The first-order valence-electron chi connectivity index (χ1n) is 9.43. The molecule has 2 aromatic carbocycles. The van der Waals surface area contributed by atoms with Crippen molar-refractivity contribution in [3.63, 3.8) is 0 Å². The van der Waals surface area contributed by atoms with E-state index in [0.717, 1.165) is 29.2 Å². The van der Waals surface area contributed by atoms with Crippen LogP contribution in [0, 0.1) is 15.5 Å². The second-order valence-electron chi connectivity index (χ2n) is 7.96. The number of nitrogens with two attached hydrogens (primary N) is 1. The van der Waals surface area contributed by atoms with Crippen molar-refractivity contribution in [3.05, 3.63) is 57.6 Å². The van der Waals surface area contributed by atoms with Crippen molar-refractivity contribution in [2.24, 2.45) is 11.1 Å². The fourth-order valence-electron chi connectivity index (χ4n) is 3.37. The van der Waals surface area contributed by atoms with E-state index in [9.17, 15) is 10.1 Å². The van der Waals surface area contributed by atoms with Gasteiger partial charge in [0.2, 0.25) is 6.79 Å². The summed E-state index contributed by atoms with van der Waals surface area (Å²) >= 11 is 0. The number of benzene rings is 2. The highest BCUT2D eigenvalue weighted by molar-refractivity contribution is 5.48. The molecule has 0 fully saturated rings. The number of hydrogen-bond donors (Lipinski definition) is 1. The Morgan fingerprint density at radius 3 is 2.45 bits per heavy atom. The second kappa shape index (κ2) is 8.67. The highest BCUT2D eigenvalue weighted by Gasteiger charge is 2.23. The summed E-state index contributed by atoms with van der Waals surface area (Å²) in [6.07, 6.45) is 0. The maximum atomic E-state index is 11.4. The number of ether oxygens (including phenoxy) is 3. The third kappa shape index (κ3) is 5.16. The average Bonchev–Trinajstić information content (AvgIpc) is 3.15. The Bertz CT molecular complexity index is 885. The molecule has 8 nitrogen and oxygen atoms in total. The SMILES string of the molecule is COc1ccc(CN(Cc2ccc3c(c2)OCO3)CC(C)(C)CN)cc1[N+](=O)[O-]. The molecule has 3 rings (SSSR count). The molecule has 1 aliphatic rings. The molecule has 0 unspecified atom stereocenters. The minimum atomic E-state index is -0.422. The molecule has 0 aliphatic carbocycles. The van der Waals surface area contributed by atoms with Gasteiger partial charge < -0.3 is 19.9 Å². The number of fused-ring (bicyclic) bond motifs is 1. The van der Waals surface area contributed by atoms with Gasteiger partial charge in [0, 0.05) is 25.7 Å². The Balaban J connectivity index is 1.84. The van der Waals surface area contributed by atoms with Gasteiger partial charge in [-0.25, -0.2) is 0 Å². The molecule has 29 heavy (non-hydrogen) atoms. The number of nitro benzene ring substituents is 1. The van der Waals surface area contributed by atoms with Crippen LogP contribution in [0.3, 0.4) is 0 Å². The van der Waals surface area contributed by atoms with Gasteiger partial charge in [0.15, 0.2) is 17.2 Å². The molecule has 0 aromatic heterocycles. The minimum Gasteiger partial charge on any atom is -0.490 e. The number of hydrogen-bond acceptors (Lipinski definition) is 7. The molecule has 0 spiro atoms. The zero-order valence-electron chi connectivity index (χ0n) is 17.0. The summed E-state index contributed by atoms with van der Waals surface area (Å²) in [6.45, 7) is 6.91. The molecule has 0 bridgehead atoms. The second-order valence-corrected chi connectivity index (χ2v) is 7.96. The zero-order chi connectivity index (χ0) is 21.0. The van der Waals surface area contributed by atoms with Crippen molar-refractivity contribution in [3.8, 4) is 17.2 Å². The lowest BCUT2D eigenvalue weighted by Crippen LogP contribution is -2.38. The lowest BCUT2D eigenvalue weighted by atomic mass is 9.92. The Hall–Kier alpha value is -2.84. The maximum Gasteiger partial charge on any atom is 0.311 e. The van der Waals surface area contributed by atoms with Gasteiger partial charge in [0.05, 0.1) is 12.0 Å². The maximum absolute atomic E-state index is 11.4. The van der Waals surface area contributed by atoms with E-state index in [0.29, 0.717) is 19.6 Å². The lowest BCUT2D eigenvalue weighted by molar-refractivity contribution is -0.385. The van der Waals surface area contributed by atoms with E-state index >= 15 is 0 Å². The summed E-state index contributed by atoms with van der Waals surface area (Å²) in [5.74, 6) is 1.73. The van der Waals surface area contributed by atoms with Gasteiger partial charge in [-0.3, -0.25) is 15.0 Å². The third-order valence-corrected chi connectivity index (χ3v) is 4.89. The van der Waals surface area contributed by atoms with Crippen molar-refractivity contribution in [2.45, 2.75) is 26.9 Å². The Labute approximate surface area is 170 Å². The van der Waals surface area contributed by atoms with Crippen LogP contribution in [0.1, 0.15) is 25.0 Å². The van der Waals surface area contributed by atoms with E-state index in [-0.39, 0.29) is 23.6 Å². The van der Waals surface area contributed by atoms with Crippen LogP contribution in [0.5, 0.6) is 17.2 Å². The Morgan fingerprint density at radius 1 is 1.14 bits per heavy atom. The average molecular weight is 401 g/mol. The van der Waals surface area contributed by atoms with Gasteiger partial charge >= 0.3 is 5.69 Å². The molecule has 2 aromatic rings. The van der Waals surface area contributed by atoms with E-state index in [2.05, 4.69) is 18.7 Å². The minimum absolute atomic E-state index is 0.0360. The van der Waals surface area contributed by atoms with Crippen LogP contribution in [0.25, 0.3) is 0 Å². The number of nitrogens with zero attached hydrogens (tertiary/aromatic N) is 2.